The molecule has 1 N–H and O–H groups in total. The first-order valence-electron chi connectivity index (χ1n) is 9.39. The summed E-state index contributed by atoms with van der Waals surface area (Å²) in [5, 5.41) is 9.12. The van der Waals surface area contributed by atoms with Crippen molar-refractivity contribution in [2.45, 2.75) is 77.8 Å². The predicted molar refractivity (Wildman–Crippen MR) is 119 cm³/mol. The maximum Gasteiger partial charge on any atom is 0.328 e. The second-order valence-electron chi connectivity index (χ2n) is 10.1. The largest absolute Gasteiger partial charge is 0.543 e. The Balaban J connectivity index is 3.36. The summed E-state index contributed by atoms with van der Waals surface area (Å²) in [5.41, 5.74) is 0.754. The molecule has 6 heteroatoms. The molecule has 0 aliphatic rings. The summed E-state index contributed by atoms with van der Waals surface area (Å²) in [6.07, 6.45) is 2.73. The summed E-state index contributed by atoms with van der Waals surface area (Å²) in [7, 11) is -4.05. The van der Waals surface area contributed by atoms with Crippen LogP contribution in [0.4, 0.5) is 0 Å². The lowest BCUT2D eigenvalue weighted by Crippen LogP contribution is -2.44. The SMILES string of the molecule is CC(C)(C)[Si](C)(C)Oc1ccc(C=CC(=O)O)c(O[Si](C)(C)C(C)(C)C)c1. The first-order chi connectivity index (χ1) is 12.0. The van der Waals surface area contributed by atoms with E-state index in [2.05, 4.69) is 67.7 Å². The maximum atomic E-state index is 11.0. The highest BCUT2D eigenvalue weighted by Crippen LogP contribution is 2.41. The summed E-state index contributed by atoms with van der Waals surface area (Å²) in [6, 6.07) is 5.70. The third kappa shape index (κ3) is 6.24. The van der Waals surface area contributed by atoms with Crippen LogP contribution in [0.3, 0.4) is 0 Å². The second-order valence-corrected chi connectivity index (χ2v) is 19.5. The van der Waals surface area contributed by atoms with Gasteiger partial charge in [-0.3, -0.25) is 0 Å². The van der Waals surface area contributed by atoms with Crippen molar-refractivity contribution >= 4 is 28.7 Å². The van der Waals surface area contributed by atoms with E-state index in [1.54, 1.807) is 6.08 Å². The fourth-order valence-corrected chi connectivity index (χ4v) is 3.90. The molecule has 0 saturated heterocycles. The number of hydrogen-bond acceptors (Lipinski definition) is 3. The van der Waals surface area contributed by atoms with Gasteiger partial charge in [-0.1, -0.05) is 41.5 Å². The van der Waals surface area contributed by atoms with Gasteiger partial charge in [0, 0.05) is 17.7 Å². The van der Waals surface area contributed by atoms with Crippen LogP contribution in [0.1, 0.15) is 47.1 Å². The van der Waals surface area contributed by atoms with E-state index in [0.29, 0.717) is 5.75 Å². The Morgan fingerprint density at radius 3 is 1.85 bits per heavy atom. The van der Waals surface area contributed by atoms with Crippen molar-refractivity contribution < 1.29 is 18.8 Å². The molecule has 4 nitrogen and oxygen atoms in total. The van der Waals surface area contributed by atoms with Gasteiger partial charge < -0.3 is 14.0 Å². The van der Waals surface area contributed by atoms with Crippen molar-refractivity contribution in [2.75, 3.05) is 0 Å². The quantitative estimate of drug-likeness (QED) is 0.428. The van der Waals surface area contributed by atoms with Crippen LogP contribution < -0.4 is 8.85 Å². The first-order valence-corrected chi connectivity index (χ1v) is 15.2. The van der Waals surface area contributed by atoms with Gasteiger partial charge in [0.15, 0.2) is 0 Å². The Morgan fingerprint density at radius 1 is 0.926 bits per heavy atom. The van der Waals surface area contributed by atoms with E-state index in [4.69, 9.17) is 14.0 Å². The lowest BCUT2D eigenvalue weighted by molar-refractivity contribution is -0.131. The minimum Gasteiger partial charge on any atom is -0.543 e. The van der Waals surface area contributed by atoms with E-state index >= 15 is 0 Å². The van der Waals surface area contributed by atoms with Gasteiger partial charge in [-0.2, -0.15) is 0 Å². The van der Waals surface area contributed by atoms with E-state index in [-0.39, 0.29) is 10.1 Å². The van der Waals surface area contributed by atoms with Crippen molar-refractivity contribution in [1.82, 2.24) is 0 Å². The average molecular weight is 409 g/mol. The zero-order valence-electron chi connectivity index (χ0n) is 18.6. The van der Waals surface area contributed by atoms with E-state index < -0.39 is 22.6 Å². The van der Waals surface area contributed by atoms with Crippen LogP contribution >= 0.6 is 0 Å². The highest BCUT2D eigenvalue weighted by Gasteiger charge is 2.40. The summed E-state index contributed by atoms with van der Waals surface area (Å²) in [5.74, 6) is 0.493. The molecule has 1 rings (SSSR count). The molecule has 0 aliphatic heterocycles. The Bertz CT molecular complexity index is 708. The maximum absolute atomic E-state index is 11.0. The van der Waals surface area contributed by atoms with Gasteiger partial charge in [-0.25, -0.2) is 4.79 Å². The standard InChI is InChI=1S/C21H36O4Si2/c1-20(2,3)26(7,8)24-17-13-11-16(12-14-19(22)23)18(15-17)25-27(9,10)21(4,5)6/h11-15H,1-10H3,(H,22,23). The molecule has 0 fully saturated rings. The van der Waals surface area contributed by atoms with Crippen molar-refractivity contribution in [3.8, 4) is 11.5 Å². The molecule has 0 bridgehead atoms. The van der Waals surface area contributed by atoms with Gasteiger partial charge in [-0.05, 0) is 54.5 Å². The summed E-state index contributed by atoms with van der Waals surface area (Å²) in [6.45, 7) is 21.9. The number of benzene rings is 1. The number of hydrogen-bond donors (Lipinski definition) is 1. The molecule has 0 aromatic heterocycles. The van der Waals surface area contributed by atoms with Gasteiger partial charge in [0.2, 0.25) is 8.32 Å². The highest BCUT2D eigenvalue weighted by atomic mass is 28.4. The normalized spacial score (nSPS) is 13.7. The van der Waals surface area contributed by atoms with Crippen LogP contribution in [-0.2, 0) is 4.79 Å². The molecule has 0 spiro atoms. The lowest BCUT2D eigenvalue weighted by atomic mass is 10.2. The van der Waals surface area contributed by atoms with Crippen LogP contribution in [0.2, 0.25) is 36.3 Å². The molecule has 0 atom stereocenters. The molecule has 1 aromatic rings. The van der Waals surface area contributed by atoms with E-state index in [9.17, 15) is 4.79 Å². The number of aliphatic carboxylic acids is 1. The van der Waals surface area contributed by atoms with Crippen LogP contribution in [0.5, 0.6) is 11.5 Å². The van der Waals surface area contributed by atoms with Crippen molar-refractivity contribution in [2.24, 2.45) is 0 Å². The minimum absolute atomic E-state index is 0.0388. The van der Waals surface area contributed by atoms with E-state index in [1.807, 2.05) is 18.2 Å². The number of carboxylic acid groups (broad SMARTS) is 1. The fourth-order valence-electron chi connectivity index (χ4n) is 1.84. The Labute approximate surface area is 166 Å². The van der Waals surface area contributed by atoms with Crippen molar-refractivity contribution in [1.29, 1.82) is 0 Å². The van der Waals surface area contributed by atoms with Crippen molar-refractivity contribution in [3.05, 3.63) is 29.8 Å². The van der Waals surface area contributed by atoms with E-state index in [0.717, 1.165) is 17.4 Å². The van der Waals surface area contributed by atoms with Crippen LogP contribution in [0, 0.1) is 0 Å². The summed E-state index contributed by atoms with van der Waals surface area (Å²) < 4.78 is 12.9. The molecule has 0 saturated carbocycles. The summed E-state index contributed by atoms with van der Waals surface area (Å²) in [4.78, 5) is 11.0. The molecule has 0 aliphatic carbocycles. The number of carbonyl (C=O) groups is 1. The Hall–Kier alpha value is -1.54. The van der Waals surface area contributed by atoms with Gasteiger partial charge >= 0.3 is 5.97 Å². The zero-order chi connectivity index (χ0) is 21.3. The van der Waals surface area contributed by atoms with Crippen LogP contribution in [0.25, 0.3) is 6.08 Å². The Morgan fingerprint density at radius 2 is 1.41 bits per heavy atom. The van der Waals surface area contributed by atoms with Gasteiger partial charge in [-0.15, -0.1) is 0 Å². The third-order valence-corrected chi connectivity index (χ3v) is 14.4. The monoisotopic (exact) mass is 408 g/mol. The summed E-state index contributed by atoms with van der Waals surface area (Å²) >= 11 is 0. The minimum atomic E-state index is -2.08. The van der Waals surface area contributed by atoms with Crippen LogP contribution in [-0.4, -0.2) is 27.7 Å². The van der Waals surface area contributed by atoms with Gasteiger partial charge in [0.25, 0.3) is 8.32 Å². The highest BCUT2D eigenvalue weighted by molar-refractivity contribution is 6.75. The average Bonchev–Trinajstić information content (AvgIpc) is 2.43. The molecule has 152 valence electrons. The molecule has 0 unspecified atom stereocenters. The molecule has 0 amide bonds. The fraction of sp³-hybridized carbons (Fsp3) is 0.571. The molecule has 0 heterocycles. The molecule has 27 heavy (non-hydrogen) atoms. The molecular weight excluding hydrogens is 372 g/mol. The second kappa shape index (κ2) is 7.83. The van der Waals surface area contributed by atoms with Crippen LogP contribution in [0.15, 0.2) is 24.3 Å². The topological polar surface area (TPSA) is 55.8 Å². The van der Waals surface area contributed by atoms with Gasteiger partial charge in [0.1, 0.15) is 11.5 Å². The third-order valence-electron chi connectivity index (χ3n) is 5.74. The Kier molecular flexibility index (Phi) is 6.82. The van der Waals surface area contributed by atoms with Crippen molar-refractivity contribution in [3.63, 3.8) is 0 Å². The predicted octanol–water partition coefficient (Wildman–Crippen LogP) is 6.55. The molecular formula is C21H36O4Si2. The zero-order valence-corrected chi connectivity index (χ0v) is 20.6. The number of carboxylic acids is 1. The number of rotatable bonds is 6. The van der Waals surface area contributed by atoms with E-state index in [1.165, 1.54) is 0 Å². The smallest absolute Gasteiger partial charge is 0.328 e. The first kappa shape index (κ1) is 23.5. The van der Waals surface area contributed by atoms with Gasteiger partial charge in [0.05, 0.1) is 0 Å². The molecule has 0 radical (unpaired) electrons. The lowest BCUT2D eigenvalue weighted by Gasteiger charge is -2.38. The molecule has 1 aromatic carbocycles.